The summed E-state index contributed by atoms with van der Waals surface area (Å²) < 4.78 is 12.7. The van der Waals surface area contributed by atoms with Gasteiger partial charge in [-0.3, -0.25) is 0 Å². The molecule has 8 heteroatoms. The van der Waals surface area contributed by atoms with Gasteiger partial charge >= 0.3 is 6.03 Å². The van der Waals surface area contributed by atoms with Crippen LogP contribution in [0, 0.1) is 0 Å². The molecular formula is C11H17N5O3. The Morgan fingerprint density at radius 3 is 3.16 bits per heavy atom. The van der Waals surface area contributed by atoms with Gasteiger partial charge in [0.2, 0.25) is 0 Å². The van der Waals surface area contributed by atoms with Crippen LogP contribution in [0.3, 0.4) is 0 Å². The molecule has 8 nitrogen and oxygen atoms in total. The summed E-state index contributed by atoms with van der Waals surface area (Å²) in [6, 6.07) is -0.0590. The van der Waals surface area contributed by atoms with Gasteiger partial charge in [-0.1, -0.05) is 5.21 Å². The molecule has 1 N–H and O–H groups in total. The fourth-order valence-electron chi connectivity index (χ4n) is 2.20. The van der Waals surface area contributed by atoms with E-state index < -0.39 is 0 Å². The van der Waals surface area contributed by atoms with Gasteiger partial charge in [0.15, 0.2) is 0 Å². The maximum absolute atomic E-state index is 11.9. The van der Waals surface area contributed by atoms with Crippen LogP contribution in [0.15, 0.2) is 6.20 Å². The van der Waals surface area contributed by atoms with Gasteiger partial charge in [0.05, 0.1) is 44.4 Å². The number of carbonyl (C=O) groups is 1. The van der Waals surface area contributed by atoms with Crippen LogP contribution in [-0.2, 0) is 22.6 Å². The number of fused-ring (bicyclic) bond motifs is 1. The molecule has 1 fully saturated rings. The average Bonchev–Trinajstić information content (AvgIpc) is 2.93. The van der Waals surface area contributed by atoms with Crippen LogP contribution >= 0.6 is 0 Å². The van der Waals surface area contributed by atoms with Crippen LogP contribution in [0.2, 0.25) is 0 Å². The normalized spacial score (nSPS) is 22.9. The van der Waals surface area contributed by atoms with Crippen LogP contribution in [0.4, 0.5) is 4.79 Å². The summed E-state index contributed by atoms with van der Waals surface area (Å²) in [6.45, 7) is 4.10. The number of hydrogen-bond donors (Lipinski definition) is 1. The van der Waals surface area contributed by atoms with Crippen molar-refractivity contribution in [1.29, 1.82) is 0 Å². The topological polar surface area (TPSA) is 81.5 Å². The predicted molar refractivity (Wildman–Crippen MR) is 64.4 cm³/mol. The van der Waals surface area contributed by atoms with E-state index in [0.717, 1.165) is 5.69 Å². The van der Waals surface area contributed by atoms with Crippen LogP contribution in [-0.4, -0.2) is 64.9 Å². The summed E-state index contributed by atoms with van der Waals surface area (Å²) in [5.41, 5.74) is 0.968. The summed E-state index contributed by atoms with van der Waals surface area (Å²) in [4.78, 5) is 13.7. The molecule has 19 heavy (non-hydrogen) atoms. The first-order valence-electron chi connectivity index (χ1n) is 6.42. The fraction of sp³-hybridized carbons (Fsp3) is 0.727. The van der Waals surface area contributed by atoms with Crippen molar-refractivity contribution in [2.45, 2.75) is 19.3 Å². The molecule has 0 radical (unpaired) electrons. The number of rotatable bonds is 2. The molecule has 0 saturated carbocycles. The van der Waals surface area contributed by atoms with Gasteiger partial charge in [-0.05, 0) is 0 Å². The molecule has 0 spiro atoms. The van der Waals surface area contributed by atoms with Crippen molar-refractivity contribution in [3.05, 3.63) is 11.9 Å². The molecule has 0 aliphatic carbocycles. The third-order valence-electron chi connectivity index (χ3n) is 3.32. The molecule has 0 aromatic carbocycles. The number of aromatic nitrogens is 3. The molecule has 0 bridgehead atoms. The van der Waals surface area contributed by atoms with Gasteiger partial charge in [0.25, 0.3) is 0 Å². The Bertz CT molecular complexity index is 443. The summed E-state index contributed by atoms with van der Waals surface area (Å²) in [7, 11) is 0. The molecule has 0 unspecified atom stereocenters. The number of nitrogens with zero attached hydrogens (tertiary/aromatic N) is 4. The third kappa shape index (κ3) is 2.85. The number of morpholine rings is 1. The van der Waals surface area contributed by atoms with Gasteiger partial charge in [0.1, 0.15) is 0 Å². The van der Waals surface area contributed by atoms with Crippen LogP contribution in [0.25, 0.3) is 0 Å². The van der Waals surface area contributed by atoms with E-state index in [1.165, 1.54) is 0 Å². The maximum Gasteiger partial charge on any atom is 0.317 e. The standard InChI is InChI=1S/C11H17N5O3/c17-11(15-1-3-18-4-2-15)12-6-10-7-16-9(8-19-10)5-13-14-16/h5,10H,1-4,6-8H2,(H,12,17)/t10-/m0/s1. The van der Waals surface area contributed by atoms with Crippen LogP contribution < -0.4 is 5.32 Å². The number of nitrogens with one attached hydrogen (secondary N) is 1. The fourth-order valence-corrected chi connectivity index (χ4v) is 2.20. The van der Waals surface area contributed by atoms with E-state index in [9.17, 15) is 4.79 Å². The molecule has 1 aromatic heterocycles. The smallest absolute Gasteiger partial charge is 0.317 e. The second kappa shape index (κ2) is 5.54. The van der Waals surface area contributed by atoms with Crippen molar-refractivity contribution in [2.24, 2.45) is 0 Å². The first kappa shape index (κ1) is 12.4. The maximum atomic E-state index is 11.9. The molecule has 2 aliphatic heterocycles. The zero-order chi connectivity index (χ0) is 13.1. The zero-order valence-electron chi connectivity index (χ0n) is 10.6. The van der Waals surface area contributed by atoms with E-state index >= 15 is 0 Å². The first-order valence-corrected chi connectivity index (χ1v) is 6.42. The van der Waals surface area contributed by atoms with Crippen LogP contribution in [0.1, 0.15) is 5.69 Å². The van der Waals surface area contributed by atoms with Crippen LogP contribution in [0.5, 0.6) is 0 Å². The SMILES string of the molecule is O=C(NC[C@H]1Cn2nncc2CO1)N1CCOCC1. The van der Waals surface area contributed by atoms with Crippen molar-refractivity contribution >= 4 is 6.03 Å². The van der Waals surface area contributed by atoms with Gasteiger partial charge in [-0.25, -0.2) is 9.48 Å². The number of ether oxygens (including phenoxy) is 2. The van der Waals surface area contributed by atoms with Crippen molar-refractivity contribution < 1.29 is 14.3 Å². The van der Waals surface area contributed by atoms with E-state index in [0.29, 0.717) is 46.0 Å². The average molecular weight is 267 g/mol. The zero-order valence-corrected chi connectivity index (χ0v) is 10.6. The Labute approximate surface area is 110 Å². The lowest BCUT2D eigenvalue weighted by Crippen LogP contribution is -2.49. The highest BCUT2D eigenvalue weighted by Crippen LogP contribution is 2.10. The predicted octanol–water partition coefficient (Wildman–Crippen LogP) is -0.781. The van der Waals surface area contributed by atoms with Crippen molar-refractivity contribution in [1.82, 2.24) is 25.2 Å². The molecule has 3 rings (SSSR count). The number of urea groups is 1. The molecule has 1 saturated heterocycles. The Morgan fingerprint density at radius 1 is 1.47 bits per heavy atom. The minimum Gasteiger partial charge on any atom is -0.378 e. The van der Waals surface area contributed by atoms with E-state index in [1.807, 2.05) is 4.68 Å². The second-order valence-electron chi connectivity index (χ2n) is 4.63. The lowest BCUT2D eigenvalue weighted by molar-refractivity contribution is 0.000852. The lowest BCUT2D eigenvalue weighted by Gasteiger charge is -2.29. The molecular weight excluding hydrogens is 250 g/mol. The highest BCUT2D eigenvalue weighted by molar-refractivity contribution is 5.74. The summed E-state index contributed by atoms with van der Waals surface area (Å²) in [5, 5.41) is 10.7. The second-order valence-corrected chi connectivity index (χ2v) is 4.63. The van der Waals surface area contributed by atoms with E-state index in [2.05, 4.69) is 15.6 Å². The Hall–Kier alpha value is -1.67. The number of hydrogen-bond acceptors (Lipinski definition) is 5. The van der Waals surface area contributed by atoms with E-state index in [4.69, 9.17) is 9.47 Å². The van der Waals surface area contributed by atoms with Gasteiger partial charge in [0, 0.05) is 19.6 Å². The lowest BCUT2D eigenvalue weighted by atomic mass is 10.3. The van der Waals surface area contributed by atoms with Gasteiger partial charge in [-0.2, -0.15) is 0 Å². The monoisotopic (exact) mass is 267 g/mol. The minimum absolute atomic E-state index is 0.0563. The molecule has 2 amide bonds. The van der Waals surface area contributed by atoms with Crippen molar-refractivity contribution in [2.75, 3.05) is 32.8 Å². The molecule has 2 aliphatic rings. The van der Waals surface area contributed by atoms with Gasteiger partial charge < -0.3 is 19.7 Å². The Kier molecular flexibility index (Phi) is 3.60. The van der Waals surface area contributed by atoms with Crippen molar-refractivity contribution in [3.8, 4) is 0 Å². The molecule has 104 valence electrons. The summed E-state index contributed by atoms with van der Waals surface area (Å²) >= 11 is 0. The summed E-state index contributed by atoms with van der Waals surface area (Å²) in [5.74, 6) is 0. The molecule has 1 atom stereocenters. The molecule has 3 heterocycles. The Balaban J connectivity index is 1.46. The quantitative estimate of drug-likeness (QED) is 0.760. The first-order chi connectivity index (χ1) is 9.33. The van der Waals surface area contributed by atoms with E-state index in [1.54, 1.807) is 11.1 Å². The summed E-state index contributed by atoms with van der Waals surface area (Å²) in [6.07, 6.45) is 1.64. The molecule has 1 aromatic rings. The Morgan fingerprint density at radius 2 is 2.32 bits per heavy atom. The third-order valence-corrected chi connectivity index (χ3v) is 3.32. The largest absolute Gasteiger partial charge is 0.378 e. The number of carbonyl (C=O) groups excluding carboxylic acids is 1. The van der Waals surface area contributed by atoms with E-state index in [-0.39, 0.29) is 12.1 Å². The van der Waals surface area contributed by atoms with Crippen molar-refractivity contribution in [3.63, 3.8) is 0 Å². The number of amides is 2. The highest BCUT2D eigenvalue weighted by atomic mass is 16.5. The highest BCUT2D eigenvalue weighted by Gasteiger charge is 2.22. The van der Waals surface area contributed by atoms with Gasteiger partial charge in [-0.15, -0.1) is 5.10 Å². The minimum atomic E-state index is -0.0590.